The second-order valence-electron chi connectivity index (χ2n) is 16.4. The molecule has 0 radical (unpaired) electrons. The summed E-state index contributed by atoms with van der Waals surface area (Å²) in [5.41, 5.74) is 17.6. The van der Waals surface area contributed by atoms with E-state index in [9.17, 15) is 10.5 Å². The minimum absolute atomic E-state index is 0.240. The lowest BCUT2D eigenvalue weighted by molar-refractivity contribution is 0.666. The highest BCUT2D eigenvalue weighted by Crippen LogP contribution is 2.54. The van der Waals surface area contributed by atoms with Crippen molar-refractivity contribution in [1.29, 1.82) is 10.5 Å². The van der Waals surface area contributed by atoms with Crippen molar-refractivity contribution in [2.45, 2.75) is 19.3 Å². The topological polar surface area (TPSA) is 78.3 Å². The average molecular weight is 792 g/mol. The van der Waals surface area contributed by atoms with Crippen LogP contribution in [0.15, 0.2) is 188 Å². The van der Waals surface area contributed by atoms with Crippen LogP contribution in [0, 0.1) is 22.7 Å². The third-order valence-electron chi connectivity index (χ3n) is 12.5. The smallest absolute Gasteiger partial charge is 0.160 e. The Bertz CT molecular complexity index is 3340. The van der Waals surface area contributed by atoms with Gasteiger partial charge in [0.15, 0.2) is 5.82 Å². The van der Waals surface area contributed by atoms with Gasteiger partial charge < -0.3 is 4.57 Å². The summed E-state index contributed by atoms with van der Waals surface area (Å²) in [5, 5.41) is 22.2. The lowest BCUT2D eigenvalue weighted by Crippen LogP contribution is -2.15. The minimum atomic E-state index is -0.240. The summed E-state index contributed by atoms with van der Waals surface area (Å²) < 4.78 is 2.43. The number of nitrogens with zero attached hydrogens (tertiary/aromatic N) is 5. The monoisotopic (exact) mass is 791 g/mol. The van der Waals surface area contributed by atoms with Crippen LogP contribution in [0.25, 0.3) is 94.8 Å². The molecule has 0 saturated carbocycles. The summed E-state index contributed by atoms with van der Waals surface area (Å²) in [6.45, 7) is 4.69. The Balaban J connectivity index is 1.27. The van der Waals surface area contributed by atoms with Gasteiger partial charge in [-0.2, -0.15) is 10.5 Å². The number of benzene rings is 8. The second-order valence-corrected chi connectivity index (χ2v) is 16.4. The Morgan fingerprint density at radius 1 is 0.452 bits per heavy atom. The summed E-state index contributed by atoms with van der Waals surface area (Å²) in [5.74, 6) is 0.630. The lowest BCUT2D eigenvalue weighted by Gasteiger charge is -2.23. The largest absolute Gasteiger partial charge is 0.308 e. The fourth-order valence-electron chi connectivity index (χ4n) is 9.55. The van der Waals surface area contributed by atoms with E-state index < -0.39 is 0 Å². The number of para-hydroxylation sites is 1. The number of fused-ring (bicyclic) bond motifs is 7. The van der Waals surface area contributed by atoms with E-state index in [2.05, 4.69) is 122 Å². The van der Waals surface area contributed by atoms with E-state index in [4.69, 9.17) is 9.97 Å². The zero-order valence-electron chi connectivity index (χ0n) is 34.1. The second kappa shape index (κ2) is 14.4. The van der Waals surface area contributed by atoms with Crippen LogP contribution in [0.3, 0.4) is 0 Å². The van der Waals surface area contributed by atoms with E-state index >= 15 is 0 Å². The van der Waals surface area contributed by atoms with Crippen LogP contribution in [0.1, 0.15) is 36.1 Å². The Kier molecular flexibility index (Phi) is 8.53. The van der Waals surface area contributed by atoms with Crippen molar-refractivity contribution in [2.75, 3.05) is 0 Å². The van der Waals surface area contributed by atoms with Crippen molar-refractivity contribution in [3.8, 4) is 85.1 Å². The lowest BCUT2D eigenvalue weighted by atomic mass is 9.80. The van der Waals surface area contributed by atoms with Gasteiger partial charge in [-0.25, -0.2) is 9.97 Å². The molecule has 1 aliphatic rings. The van der Waals surface area contributed by atoms with Crippen molar-refractivity contribution < 1.29 is 0 Å². The predicted molar refractivity (Wildman–Crippen MR) is 251 cm³/mol. The number of rotatable bonds is 6. The molecule has 5 heteroatoms. The molecule has 0 fully saturated rings. The van der Waals surface area contributed by atoms with Crippen LogP contribution < -0.4 is 0 Å². The maximum absolute atomic E-state index is 9.90. The van der Waals surface area contributed by atoms with Gasteiger partial charge in [-0.1, -0.05) is 147 Å². The highest BCUT2D eigenvalue weighted by Gasteiger charge is 2.38. The number of nitriles is 2. The van der Waals surface area contributed by atoms with Gasteiger partial charge >= 0.3 is 0 Å². The minimum Gasteiger partial charge on any atom is -0.308 e. The first-order valence-electron chi connectivity index (χ1n) is 20.8. The van der Waals surface area contributed by atoms with Gasteiger partial charge in [-0.3, -0.25) is 0 Å². The maximum atomic E-state index is 9.90. The third-order valence-corrected chi connectivity index (χ3v) is 12.5. The van der Waals surface area contributed by atoms with Crippen LogP contribution in [0.5, 0.6) is 0 Å². The Morgan fingerprint density at radius 2 is 1.00 bits per heavy atom. The van der Waals surface area contributed by atoms with Gasteiger partial charge in [0.05, 0.1) is 51.4 Å². The molecule has 8 aromatic carbocycles. The number of hydrogen-bond donors (Lipinski definition) is 0. The molecule has 0 saturated heterocycles. The SMILES string of the molecule is CC1(C)c2ccccc2-c2ccc3c(c21)c1ccccc1n3-c1c(-c2ccc(C#N)cc2)cc(-c2cc(-c3ccccc3)nc(-c3ccccc3)n2)cc1-c1ccc(C#N)cc1. The molecule has 5 nitrogen and oxygen atoms in total. The molecular weight excluding hydrogens is 755 g/mol. The summed E-state index contributed by atoms with van der Waals surface area (Å²) in [6, 6.07) is 69.3. The van der Waals surface area contributed by atoms with Gasteiger partial charge in [0.25, 0.3) is 0 Å². The fourth-order valence-corrected chi connectivity index (χ4v) is 9.55. The fraction of sp³-hybridized carbons (Fsp3) is 0.0526. The van der Waals surface area contributed by atoms with E-state index in [0.29, 0.717) is 17.0 Å². The molecule has 0 N–H and O–H groups in total. The van der Waals surface area contributed by atoms with Crippen LogP contribution in [-0.4, -0.2) is 14.5 Å². The highest BCUT2D eigenvalue weighted by atomic mass is 15.0. The maximum Gasteiger partial charge on any atom is 0.160 e. The molecule has 0 bridgehead atoms. The van der Waals surface area contributed by atoms with Crippen molar-refractivity contribution >= 4 is 21.8 Å². The van der Waals surface area contributed by atoms with Crippen molar-refractivity contribution in [2.24, 2.45) is 0 Å². The third kappa shape index (κ3) is 5.83. The van der Waals surface area contributed by atoms with Gasteiger partial charge in [0, 0.05) is 44.0 Å². The van der Waals surface area contributed by atoms with E-state index in [1.54, 1.807) is 0 Å². The number of hydrogen-bond acceptors (Lipinski definition) is 4. The van der Waals surface area contributed by atoms with Gasteiger partial charge in [0.1, 0.15) is 0 Å². The van der Waals surface area contributed by atoms with E-state index in [1.807, 2.05) is 97.1 Å². The molecule has 0 unspecified atom stereocenters. The molecule has 2 heterocycles. The van der Waals surface area contributed by atoms with Crippen LogP contribution in [0.4, 0.5) is 0 Å². The van der Waals surface area contributed by atoms with E-state index in [-0.39, 0.29) is 5.41 Å². The first kappa shape index (κ1) is 36.7. The molecule has 2 aromatic heterocycles. The normalized spacial score (nSPS) is 12.5. The van der Waals surface area contributed by atoms with Crippen molar-refractivity contribution in [3.63, 3.8) is 0 Å². The first-order valence-corrected chi connectivity index (χ1v) is 20.8. The van der Waals surface area contributed by atoms with Crippen molar-refractivity contribution in [3.05, 3.63) is 210 Å². The molecule has 62 heavy (non-hydrogen) atoms. The molecule has 11 rings (SSSR count). The van der Waals surface area contributed by atoms with Crippen LogP contribution >= 0.6 is 0 Å². The Hall–Kier alpha value is -8.38. The molecule has 0 atom stereocenters. The van der Waals surface area contributed by atoms with Gasteiger partial charge in [-0.05, 0) is 88.0 Å². The van der Waals surface area contributed by atoms with Gasteiger partial charge in [-0.15, -0.1) is 0 Å². The van der Waals surface area contributed by atoms with Crippen molar-refractivity contribution in [1.82, 2.24) is 14.5 Å². The summed E-state index contributed by atoms with van der Waals surface area (Å²) >= 11 is 0. The zero-order valence-corrected chi connectivity index (χ0v) is 34.1. The Morgan fingerprint density at radius 3 is 1.63 bits per heavy atom. The molecule has 10 aromatic rings. The number of aromatic nitrogens is 3. The quantitative estimate of drug-likeness (QED) is 0.168. The van der Waals surface area contributed by atoms with Crippen LogP contribution in [-0.2, 0) is 5.41 Å². The Labute approximate surface area is 360 Å². The summed E-state index contributed by atoms with van der Waals surface area (Å²) in [4.78, 5) is 10.4. The predicted octanol–water partition coefficient (Wildman–Crippen LogP) is 14.0. The molecule has 0 aliphatic heterocycles. The summed E-state index contributed by atoms with van der Waals surface area (Å²) in [7, 11) is 0. The first-order chi connectivity index (χ1) is 30.4. The zero-order chi connectivity index (χ0) is 42.0. The standard InChI is InChI=1S/C57H37N5/c1-57(2)48-19-11-9-17-43(48)44-29-30-52-53(54(44)57)45-18-10-12-20-51(45)62(52)55-46(38-25-21-36(34-58)22-26-38)31-42(32-47(55)39-27-23-37(35-59)24-28-39)50-33-49(40-13-5-3-6-14-40)60-56(61-50)41-15-7-4-8-16-41/h3-33H,1-2H3. The molecule has 0 spiro atoms. The van der Waals surface area contributed by atoms with Crippen LogP contribution in [0.2, 0.25) is 0 Å². The van der Waals surface area contributed by atoms with E-state index in [1.165, 1.54) is 33.0 Å². The molecule has 1 aliphatic carbocycles. The summed E-state index contributed by atoms with van der Waals surface area (Å²) in [6.07, 6.45) is 0. The molecule has 0 amide bonds. The highest BCUT2D eigenvalue weighted by molar-refractivity contribution is 6.15. The molecule has 290 valence electrons. The van der Waals surface area contributed by atoms with E-state index in [0.717, 1.165) is 67.1 Å². The van der Waals surface area contributed by atoms with Gasteiger partial charge in [0.2, 0.25) is 0 Å². The molecular formula is C57H37N5. The average Bonchev–Trinajstić information content (AvgIpc) is 3.79.